The highest BCUT2D eigenvalue weighted by molar-refractivity contribution is 8.01. The highest BCUT2D eigenvalue weighted by Crippen LogP contribution is 2.29. The molecule has 0 unspecified atom stereocenters. The number of benzene rings is 1. The van der Waals surface area contributed by atoms with Gasteiger partial charge in [-0.1, -0.05) is 43.7 Å². The standard InChI is InChI=1S/C20H27N3O2S2/c1-2-3-6-11-21-19(25)15-9-12-23(13-10-15)18(24)14-26-20-22-16-7-4-5-8-17(16)27-20/h4-5,7-8,15H,2-3,6,9-14H2,1H3,(H,21,25). The van der Waals surface area contributed by atoms with Gasteiger partial charge in [0, 0.05) is 25.6 Å². The first-order chi connectivity index (χ1) is 13.2. The average molecular weight is 406 g/mol. The lowest BCUT2D eigenvalue weighted by Crippen LogP contribution is -2.43. The van der Waals surface area contributed by atoms with Gasteiger partial charge in [0.05, 0.1) is 16.0 Å². The summed E-state index contributed by atoms with van der Waals surface area (Å²) < 4.78 is 2.09. The summed E-state index contributed by atoms with van der Waals surface area (Å²) in [5.74, 6) is 0.754. The number of nitrogens with one attached hydrogen (secondary N) is 1. The van der Waals surface area contributed by atoms with Crippen molar-refractivity contribution >= 4 is 45.1 Å². The average Bonchev–Trinajstić information content (AvgIpc) is 3.12. The van der Waals surface area contributed by atoms with Crippen LogP contribution in [0.5, 0.6) is 0 Å². The Morgan fingerprint density at radius 1 is 1.26 bits per heavy atom. The highest BCUT2D eigenvalue weighted by atomic mass is 32.2. The van der Waals surface area contributed by atoms with Crippen LogP contribution >= 0.6 is 23.1 Å². The molecule has 3 rings (SSSR count). The minimum absolute atomic E-state index is 0.0487. The Balaban J connectivity index is 1.39. The number of para-hydroxylation sites is 1. The number of hydrogen-bond donors (Lipinski definition) is 1. The van der Waals surface area contributed by atoms with Crippen LogP contribution in [0.2, 0.25) is 0 Å². The van der Waals surface area contributed by atoms with E-state index in [1.165, 1.54) is 11.8 Å². The van der Waals surface area contributed by atoms with Gasteiger partial charge in [-0.05, 0) is 31.4 Å². The van der Waals surface area contributed by atoms with Gasteiger partial charge >= 0.3 is 0 Å². The monoisotopic (exact) mass is 405 g/mol. The molecule has 1 aliphatic rings. The van der Waals surface area contributed by atoms with Crippen LogP contribution in [-0.4, -0.2) is 47.1 Å². The number of thiazole rings is 1. The Morgan fingerprint density at radius 3 is 2.78 bits per heavy atom. The van der Waals surface area contributed by atoms with Gasteiger partial charge in [0.1, 0.15) is 0 Å². The largest absolute Gasteiger partial charge is 0.356 e. The van der Waals surface area contributed by atoms with Crippen LogP contribution in [-0.2, 0) is 9.59 Å². The van der Waals surface area contributed by atoms with Crippen LogP contribution in [0, 0.1) is 5.92 Å². The fourth-order valence-corrected chi connectivity index (χ4v) is 5.22. The van der Waals surface area contributed by atoms with Gasteiger partial charge in [-0.25, -0.2) is 4.98 Å². The number of amides is 2. The number of rotatable bonds is 8. The molecular formula is C20H27N3O2S2. The second kappa shape index (κ2) is 10.1. The summed E-state index contributed by atoms with van der Waals surface area (Å²) in [6, 6.07) is 8.03. The lowest BCUT2D eigenvalue weighted by Gasteiger charge is -2.31. The Morgan fingerprint density at radius 2 is 2.04 bits per heavy atom. The van der Waals surface area contributed by atoms with E-state index < -0.39 is 0 Å². The molecule has 1 aliphatic heterocycles. The fraction of sp³-hybridized carbons (Fsp3) is 0.550. The molecule has 0 bridgehead atoms. The first-order valence-electron chi connectivity index (χ1n) is 9.71. The Hall–Kier alpha value is -1.60. The third kappa shape index (κ3) is 5.69. The molecule has 0 spiro atoms. The molecule has 0 radical (unpaired) electrons. The van der Waals surface area contributed by atoms with E-state index in [0.29, 0.717) is 18.8 Å². The van der Waals surface area contributed by atoms with E-state index in [-0.39, 0.29) is 17.7 Å². The van der Waals surface area contributed by atoms with Gasteiger partial charge in [-0.15, -0.1) is 11.3 Å². The zero-order valence-electron chi connectivity index (χ0n) is 15.8. The van der Waals surface area contributed by atoms with E-state index in [4.69, 9.17) is 0 Å². The third-order valence-corrected chi connectivity index (χ3v) is 7.06. The van der Waals surface area contributed by atoms with Gasteiger partial charge < -0.3 is 10.2 Å². The second-order valence-corrected chi connectivity index (χ2v) is 9.14. The van der Waals surface area contributed by atoms with E-state index in [9.17, 15) is 9.59 Å². The molecule has 1 saturated heterocycles. The summed E-state index contributed by atoms with van der Waals surface area (Å²) in [6.07, 6.45) is 4.88. The number of unbranched alkanes of at least 4 members (excludes halogenated alkanes) is 2. The molecule has 2 heterocycles. The number of likely N-dealkylation sites (tertiary alicyclic amines) is 1. The number of hydrogen-bond acceptors (Lipinski definition) is 5. The van der Waals surface area contributed by atoms with E-state index in [0.717, 1.165) is 53.2 Å². The second-order valence-electron chi connectivity index (χ2n) is 6.89. The summed E-state index contributed by atoms with van der Waals surface area (Å²) in [5.41, 5.74) is 0.989. The molecule has 5 nitrogen and oxygen atoms in total. The number of aromatic nitrogens is 1. The van der Waals surface area contributed by atoms with Crippen molar-refractivity contribution < 1.29 is 9.59 Å². The van der Waals surface area contributed by atoms with Crippen LogP contribution in [0.15, 0.2) is 28.6 Å². The van der Waals surface area contributed by atoms with Crippen LogP contribution in [0.3, 0.4) is 0 Å². The summed E-state index contributed by atoms with van der Waals surface area (Å²) in [5, 5.41) is 3.04. The smallest absolute Gasteiger partial charge is 0.233 e. The summed E-state index contributed by atoms with van der Waals surface area (Å²) in [4.78, 5) is 31.2. The fourth-order valence-electron chi connectivity index (χ4n) is 3.25. The Bertz CT molecular complexity index is 736. The van der Waals surface area contributed by atoms with Crippen LogP contribution in [0.4, 0.5) is 0 Å². The van der Waals surface area contributed by atoms with Gasteiger partial charge in [0.25, 0.3) is 0 Å². The number of piperidine rings is 1. The maximum absolute atomic E-state index is 12.5. The lowest BCUT2D eigenvalue weighted by atomic mass is 9.96. The van der Waals surface area contributed by atoms with Gasteiger partial charge in [-0.2, -0.15) is 0 Å². The molecule has 0 saturated carbocycles. The molecule has 0 aliphatic carbocycles. The van der Waals surface area contributed by atoms with Crippen molar-refractivity contribution in [1.82, 2.24) is 15.2 Å². The maximum Gasteiger partial charge on any atom is 0.233 e. The van der Waals surface area contributed by atoms with E-state index in [2.05, 4.69) is 23.3 Å². The first kappa shape index (κ1) is 20.1. The van der Waals surface area contributed by atoms with Crippen molar-refractivity contribution in [2.45, 2.75) is 43.4 Å². The molecule has 1 N–H and O–H groups in total. The minimum Gasteiger partial charge on any atom is -0.356 e. The predicted molar refractivity (Wildman–Crippen MR) is 112 cm³/mol. The quantitative estimate of drug-likeness (QED) is 0.534. The van der Waals surface area contributed by atoms with Crippen LogP contribution < -0.4 is 5.32 Å². The molecule has 1 fully saturated rings. The van der Waals surface area contributed by atoms with Crippen molar-refractivity contribution in [1.29, 1.82) is 0 Å². The third-order valence-electron chi connectivity index (χ3n) is 4.89. The summed E-state index contributed by atoms with van der Waals surface area (Å²) in [6.45, 7) is 4.27. The van der Waals surface area contributed by atoms with Crippen LogP contribution in [0.1, 0.15) is 39.0 Å². The zero-order valence-corrected chi connectivity index (χ0v) is 17.4. The molecule has 0 atom stereocenters. The summed E-state index contributed by atoms with van der Waals surface area (Å²) >= 11 is 3.14. The molecule has 2 amide bonds. The molecule has 1 aromatic heterocycles. The number of fused-ring (bicyclic) bond motifs is 1. The SMILES string of the molecule is CCCCCNC(=O)C1CCN(C(=O)CSc2nc3ccccc3s2)CC1. The number of carbonyl (C=O) groups excluding carboxylic acids is 2. The van der Waals surface area contributed by atoms with Crippen LogP contribution in [0.25, 0.3) is 10.2 Å². The molecule has 146 valence electrons. The van der Waals surface area contributed by atoms with Gasteiger partial charge in [0.15, 0.2) is 4.34 Å². The zero-order chi connectivity index (χ0) is 19.1. The molecule has 27 heavy (non-hydrogen) atoms. The van der Waals surface area contributed by atoms with Crippen molar-refractivity contribution in [3.63, 3.8) is 0 Å². The molecular weight excluding hydrogens is 378 g/mol. The Kier molecular flexibility index (Phi) is 7.52. The van der Waals surface area contributed by atoms with Crippen molar-refractivity contribution in [2.75, 3.05) is 25.4 Å². The predicted octanol–water partition coefficient (Wildman–Crippen LogP) is 3.93. The number of carbonyl (C=O) groups is 2. The topological polar surface area (TPSA) is 62.3 Å². The summed E-state index contributed by atoms with van der Waals surface area (Å²) in [7, 11) is 0. The lowest BCUT2D eigenvalue weighted by molar-refractivity contribution is -0.133. The van der Waals surface area contributed by atoms with Crippen molar-refractivity contribution in [3.05, 3.63) is 24.3 Å². The maximum atomic E-state index is 12.5. The van der Waals surface area contributed by atoms with Crippen molar-refractivity contribution in [2.24, 2.45) is 5.92 Å². The molecule has 7 heteroatoms. The van der Waals surface area contributed by atoms with E-state index >= 15 is 0 Å². The van der Waals surface area contributed by atoms with E-state index in [1.54, 1.807) is 11.3 Å². The highest BCUT2D eigenvalue weighted by Gasteiger charge is 2.27. The normalized spacial score (nSPS) is 15.2. The van der Waals surface area contributed by atoms with Gasteiger partial charge in [-0.3, -0.25) is 9.59 Å². The number of nitrogens with zero attached hydrogens (tertiary/aromatic N) is 2. The van der Waals surface area contributed by atoms with E-state index in [1.807, 2.05) is 23.1 Å². The minimum atomic E-state index is 0.0487. The van der Waals surface area contributed by atoms with Gasteiger partial charge in [0.2, 0.25) is 11.8 Å². The first-order valence-corrected chi connectivity index (χ1v) is 11.5. The molecule has 2 aromatic rings. The number of thioether (sulfide) groups is 1. The van der Waals surface area contributed by atoms with Crippen molar-refractivity contribution in [3.8, 4) is 0 Å². The Labute approximate surface area is 168 Å². The molecule has 1 aromatic carbocycles.